The predicted octanol–water partition coefficient (Wildman–Crippen LogP) is 2.68. The van der Waals surface area contributed by atoms with E-state index in [1.807, 2.05) is 17.1 Å². The fourth-order valence-corrected chi connectivity index (χ4v) is 3.07. The molecule has 1 fully saturated rings. The van der Waals surface area contributed by atoms with Gasteiger partial charge in [-0.05, 0) is 41.1 Å². The SMILES string of the molecule is CC(C)[C@H]1OCC[C@@H]1CN[C@H](C)Cn1cc(Br)cn1. The van der Waals surface area contributed by atoms with Crippen LogP contribution < -0.4 is 5.32 Å². The Balaban J connectivity index is 1.75. The van der Waals surface area contributed by atoms with Gasteiger partial charge in [0.2, 0.25) is 0 Å². The maximum Gasteiger partial charge on any atom is 0.0639 e. The minimum Gasteiger partial charge on any atom is -0.378 e. The van der Waals surface area contributed by atoms with Crippen LogP contribution in [0.1, 0.15) is 27.2 Å². The molecule has 3 atom stereocenters. The molecule has 19 heavy (non-hydrogen) atoms. The van der Waals surface area contributed by atoms with Crippen LogP contribution in [0.2, 0.25) is 0 Å². The third kappa shape index (κ3) is 4.29. The molecule has 0 amide bonds. The predicted molar refractivity (Wildman–Crippen MR) is 80.1 cm³/mol. The van der Waals surface area contributed by atoms with Crippen LogP contribution in [0.5, 0.6) is 0 Å². The molecule has 4 nitrogen and oxygen atoms in total. The first-order valence-electron chi connectivity index (χ1n) is 7.09. The molecule has 0 radical (unpaired) electrons. The van der Waals surface area contributed by atoms with Gasteiger partial charge in [-0.15, -0.1) is 0 Å². The number of ether oxygens (including phenoxy) is 1. The molecule has 2 heterocycles. The summed E-state index contributed by atoms with van der Waals surface area (Å²) in [7, 11) is 0. The molecule has 1 aliphatic rings. The Hall–Kier alpha value is -0.390. The second kappa shape index (κ2) is 6.86. The van der Waals surface area contributed by atoms with Crippen molar-refractivity contribution in [1.29, 1.82) is 0 Å². The molecular formula is C14H24BrN3O. The first-order valence-corrected chi connectivity index (χ1v) is 7.88. The van der Waals surface area contributed by atoms with Crippen LogP contribution >= 0.6 is 15.9 Å². The summed E-state index contributed by atoms with van der Waals surface area (Å²) in [6, 6.07) is 0.417. The lowest BCUT2D eigenvalue weighted by molar-refractivity contribution is 0.0534. The topological polar surface area (TPSA) is 39.1 Å². The standard InChI is InChI=1S/C14H24BrN3O/c1-10(2)14-12(4-5-19-14)6-16-11(3)8-18-9-13(15)7-17-18/h7,9-12,14,16H,4-6,8H2,1-3H3/t11-,12-,14-/m1/s1. The average Bonchev–Trinajstić information content (AvgIpc) is 2.95. The number of hydrogen-bond acceptors (Lipinski definition) is 3. The van der Waals surface area contributed by atoms with E-state index in [-0.39, 0.29) is 0 Å². The van der Waals surface area contributed by atoms with Crippen LogP contribution in [0.4, 0.5) is 0 Å². The zero-order valence-corrected chi connectivity index (χ0v) is 13.6. The molecule has 0 spiro atoms. The second-order valence-electron chi connectivity index (χ2n) is 5.82. The number of nitrogens with zero attached hydrogens (tertiary/aromatic N) is 2. The third-order valence-electron chi connectivity index (χ3n) is 3.71. The van der Waals surface area contributed by atoms with Crippen molar-refractivity contribution in [3.63, 3.8) is 0 Å². The van der Waals surface area contributed by atoms with E-state index in [9.17, 15) is 0 Å². The van der Waals surface area contributed by atoms with Gasteiger partial charge in [-0.25, -0.2) is 0 Å². The van der Waals surface area contributed by atoms with Crippen molar-refractivity contribution in [3.8, 4) is 0 Å². The van der Waals surface area contributed by atoms with Crippen molar-refractivity contribution >= 4 is 15.9 Å². The molecule has 5 heteroatoms. The van der Waals surface area contributed by atoms with Crippen LogP contribution in [-0.4, -0.2) is 35.1 Å². The van der Waals surface area contributed by atoms with Gasteiger partial charge in [0, 0.05) is 25.4 Å². The molecule has 1 aromatic heterocycles. The van der Waals surface area contributed by atoms with E-state index in [2.05, 4.69) is 47.1 Å². The molecule has 0 bridgehead atoms. The summed E-state index contributed by atoms with van der Waals surface area (Å²) in [5, 5.41) is 7.89. The van der Waals surface area contributed by atoms with E-state index in [0.717, 1.165) is 24.2 Å². The van der Waals surface area contributed by atoms with Gasteiger partial charge in [-0.2, -0.15) is 5.10 Å². The van der Waals surface area contributed by atoms with E-state index in [4.69, 9.17) is 4.74 Å². The number of nitrogens with one attached hydrogen (secondary N) is 1. The van der Waals surface area contributed by atoms with Crippen LogP contribution in [0, 0.1) is 11.8 Å². The Morgan fingerprint density at radius 1 is 1.53 bits per heavy atom. The summed E-state index contributed by atoms with van der Waals surface area (Å²) in [4.78, 5) is 0. The lowest BCUT2D eigenvalue weighted by Crippen LogP contribution is -2.38. The van der Waals surface area contributed by atoms with E-state index < -0.39 is 0 Å². The number of halogens is 1. The molecule has 1 saturated heterocycles. The molecular weight excluding hydrogens is 306 g/mol. The molecule has 0 unspecified atom stereocenters. The number of hydrogen-bond donors (Lipinski definition) is 1. The summed E-state index contributed by atoms with van der Waals surface area (Å²) >= 11 is 3.42. The van der Waals surface area contributed by atoms with E-state index in [0.29, 0.717) is 24.0 Å². The fourth-order valence-electron chi connectivity index (χ4n) is 2.75. The highest BCUT2D eigenvalue weighted by Crippen LogP contribution is 2.26. The molecule has 1 aromatic rings. The molecule has 0 saturated carbocycles. The summed E-state index contributed by atoms with van der Waals surface area (Å²) in [5.74, 6) is 1.25. The second-order valence-corrected chi connectivity index (χ2v) is 6.73. The lowest BCUT2D eigenvalue weighted by Gasteiger charge is -2.24. The Bertz CT molecular complexity index is 394. The Morgan fingerprint density at radius 3 is 2.95 bits per heavy atom. The molecule has 2 rings (SSSR count). The van der Waals surface area contributed by atoms with E-state index >= 15 is 0 Å². The number of aromatic nitrogens is 2. The van der Waals surface area contributed by atoms with Gasteiger partial charge in [0.15, 0.2) is 0 Å². The quantitative estimate of drug-likeness (QED) is 0.872. The van der Waals surface area contributed by atoms with Crippen LogP contribution in [-0.2, 0) is 11.3 Å². The largest absolute Gasteiger partial charge is 0.378 e. The highest BCUT2D eigenvalue weighted by atomic mass is 79.9. The van der Waals surface area contributed by atoms with Gasteiger partial charge in [0.05, 0.1) is 23.3 Å². The normalized spacial score (nSPS) is 25.1. The van der Waals surface area contributed by atoms with Gasteiger partial charge in [0.1, 0.15) is 0 Å². The van der Waals surface area contributed by atoms with Crippen LogP contribution in [0.3, 0.4) is 0 Å². The van der Waals surface area contributed by atoms with Gasteiger partial charge in [-0.3, -0.25) is 4.68 Å². The first-order chi connectivity index (χ1) is 9.06. The molecule has 108 valence electrons. The molecule has 1 aliphatic heterocycles. The van der Waals surface area contributed by atoms with Crippen molar-refractivity contribution in [3.05, 3.63) is 16.9 Å². The summed E-state index contributed by atoms with van der Waals surface area (Å²) in [5.41, 5.74) is 0. The molecule has 0 aliphatic carbocycles. The van der Waals surface area contributed by atoms with Crippen molar-refractivity contribution in [2.75, 3.05) is 13.2 Å². The minimum absolute atomic E-state index is 0.415. The monoisotopic (exact) mass is 329 g/mol. The van der Waals surface area contributed by atoms with Gasteiger partial charge < -0.3 is 10.1 Å². The Labute approximate surface area is 124 Å². The average molecular weight is 330 g/mol. The van der Waals surface area contributed by atoms with Crippen LogP contribution in [0.25, 0.3) is 0 Å². The van der Waals surface area contributed by atoms with Crippen molar-refractivity contribution in [2.45, 2.75) is 45.9 Å². The van der Waals surface area contributed by atoms with Gasteiger partial charge >= 0.3 is 0 Å². The summed E-state index contributed by atoms with van der Waals surface area (Å²) in [6.45, 7) is 9.53. The fraction of sp³-hybridized carbons (Fsp3) is 0.786. The zero-order valence-electron chi connectivity index (χ0n) is 12.0. The third-order valence-corrected chi connectivity index (χ3v) is 4.12. The molecule has 1 N–H and O–H groups in total. The van der Waals surface area contributed by atoms with Crippen molar-refractivity contribution in [1.82, 2.24) is 15.1 Å². The van der Waals surface area contributed by atoms with Gasteiger partial charge in [0.25, 0.3) is 0 Å². The Kier molecular flexibility index (Phi) is 5.42. The van der Waals surface area contributed by atoms with E-state index in [1.54, 1.807) is 0 Å². The number of rotatable bonds is 6. The van der Waals surface area contributed by atoms with E-state index in [1.165, 1.54) is 6.42 Å². The first kappa shape index (κ1) is 15.0. The van der Waals surface area contributed by atoms with Crippen molar-refractivity contribution < 1.29 is 4.74 Å². The summed E-state index contributed by atoms with van der Waals surface area (Å²) in [6.07, 6.45) is 5.43. The van der Waals surface area contributed by atoms with Crippen molar-refractivity contribution in [2.24, 2.45) is 11.8 Å². The lowest BCUT2D eigenvalue weighted by atomic mass is 9.93. The van der Waals surface area contributed by atoms with Crippen LogP contribution in [0.15, 0.2) is 16.9 Å². The smallest absolute Gasteiger partial charge is 0.0639 e. The summed E-state index contributed by atoms with van der Waals surface area (Å²) < 4.78 is 8.81. The Morgan fingerprint density at radius 2 is 2.32 bits per heavy atom. The zero-order chi connectivity index (χ0) is 13.8. The van der Waals surface area contributed by atoms with Gasteiger partial charge in [-0.1, -0.05) is 13.8 Å². The highest BCUT2D eigenvalue weighted by Gasteiger charge is 2.30. The highest BCUT2D eigenvalue weighted by molar-refractivity contribution is 9.10. The maximum atomic E-state index is 5.82. The molecule has 0 aromatic carbocycles. The maximum absolute atomic E-state index is 5.82. The minimum atomic E-state index is 0.415.